The van der Waals surface area contributed by atoms with Gasteiger partial charge >= 0.3 is 0 Å². The van der Waals surface area contributed by atoms with Gasteiger partial charge in [-0.25, -0.2) is 9.67 Å². The first-order valence-electron chi connectivity index (χ1n) is 5.85. The molecule has 0 spiro atoms. The summed E-state index contributed by atoms with van der Waals surface area (Å²) in [6, 6.07) is 11.5. The lowest BCUT2D eigenvalue weighted by Crippen LogP contribution is -2.11. The van der Waals surface area contributed by atoms with E-state index in [0.717, 1.165) is 22.3 Å². The number of hydrogen-bond donors (Lipinski definition) is 1. The molecule has 0 saturated carbocycles. The fraction of sp³-hybridized carbons (Fsp3) is 0.0714. The largest absolute Gasteiger partial charge is 0.366 e. The van der Waals surface area contributed by atoms with Crippen LogP contribution in [0.4, 0.5) is 0 Å². The topological polar surface area (TPSA) is 73.8 Å². The molecule has 0 radical (unpaired) electrons. The molecular formula is C14H12N4O. The molecule has 2 aromatic heterocycles. The van der Waals surface area contributed by atoms with Gasteiger partial charge in [0, 0.05) is 24.2 Å². The molecule has 3 aromatic rings. The summed E-state index contributed by atoms with van der Waals surface area (Å²) in [5.74, 6) is -0.489. The number of hydrogen-bond acceptors (Lipinski definition) is 3. The SMILES string of the molecule is Cn1nc(-c2ccccc2)c2cc(C(N)=O)cnc21. The molecule has 1 amide bonds. The van der Waals surface area contributed by atoms with Crippen LogP contribution in [0.3, 0.4) is 0 Å². The number of primary amides is 1. The summed E-state index contributed by atoms with van der Waals surface area (Å²) in [6.07, 6.45) is 1.47. The smallest absolute Gasteiger partial charge is 0.250 e. The average Bonchev–Trinajstić information content (AvgIpc) is 2.77. The summed E-state index contributed by atoms with van der Waals surface area (Å²) in [7, 11) is 1.83. The molecule has 0 aliphatic carbocycles. The van der Waals surface area contributed by atoms with Crippen molar-refractivity contribution in [2.45, 2.75) is 0 Å². The minimum Gasteiger partial charge on any atom is -0.366 e. The number of fused-ring (bicyclic) bond motifs is 1. The maximum absolute atomic E-state index is 11.3. The lowest BCUT2D eigenvalue weighted by atomic mass is 10.1. The van der Waals surface area contributed by atoms with Crippen LogP contribution >= 0.6 is 0 Å². The number of rotatable bonds is 2. The highest BCUT2D eigenvalue weighted by atomic mass is 16.1. The van der Waals surface area contributed by atoms with Crippen molar-refractivity contribution in [2.75, 3.05) is 0 Å². The van der Waals surface area contributed by atoms with Crippen LogP contribution in [0.1, 0.15) is 10.4 Å². The second-order valence-corrected chi connectivity index (χ2v) is 4.30. The first-order valence-corrected chi connectivity index (χ1v) is 5.85. The van der Waals surface area contributed by atoms with Gasteiger partial charge in [-0.2, -0.15) is 5.10 Å². The zero-order valence-corrected chi connectivity index (χ0v) is 10.4. The Morgan fingerprint density at radius 1 is 1.26 bits per heavy atom. The van der Waals surface area contributed by atoms with Gasteiger partial charge in [-0.15, -0.1) is 0 Å². The number of carbonyl (C=O) groups is 1. The van der Waals surface area contributed by atoms with Gasteiger partial charge in [0.15, 0.2) is 5.65 Å². The molecule has 0 fully saturated rings. The van der Waals surface area contributed by atoms with Crippen LogP contribution in [0.5, 0.6) is 0 Å². The molecule has 0 atom stereocenters. The predicted molar refractivity (Wildman–Crippen MR) is 72.5 cm³/mol. The Bertz CT molecular complexity index is 762. The van der Waals surface area contributed by atoms with Crippen molar-refractivity contribution < 1.29 is 4.79 Å². The van der Waals surface area contributed by atoms with E-state index in [2.05, 4.69) is 10.1 Å². The molecule has 5 heteroatoms. The zero-order chi connectivity index (χ0) is 13.4. The van der Waals surface area contributed by atoms with Gasteiger partial charge in [-0.05, 0) is 6.07 Å². The quantitative estimate of drug-likeness (QED) is 0.754. The monoisotopic (exact) mass is 252 g/mol. The van der Waals surface area contributed by atoms with Gasteiger partial charge < -0.3 is 5.73 Å². The first-order chi connectivity index (χ1) is 9.16. The lowest BCUT2D eigenvalue weighted by molar-refractivity contribution is 0.1000. The van der Waals surface area contributed by atoms with E-state index >= 15 is 0 Å². The third-order valence-corrected chi connectivity index (χ3v) is 3.01. The molecule has 0 aliphatic heterocycles. The highest BCUT2D eigenvalue weighted by Crippen LogP contribution is 2.26. The van der Waals surface area contributed by atoms with Gasteiger partial charge in [-0.3, -0.25) is 4.79 Å². The van der Waals surface area contributed by atoms with Crippen molar-refractivity contribution >= 4 is 16.9 Å². The van der Waals surface area contributed by atoms with E-state index in [9.17, 15) is 4.79 Å². The van der Waals surface area contributed by atoms with Crippen LogP contribution in [0.25, 0.3) is 22.3 Å². The molecule has 0 bridgehead atoms. The highest BCUT2D eigenvalue weighted by molar-refractivity contribution is 5.99. The number of aryl methyl sites for hydroxylation is 1. The summed E-state index contributed by atoms with van der Waals surface area (Å²) in [6.45, 7) is 0. The number of aromatic nitrogens is 3. The third kappa shape index (κ3) is 1.85. The molecule has 2 heterocycles. The van der Waals surface area contributed by atoms with E-state index in [1.165, 1.54) is 6.20 Å². The van der Waals surface area contributed by atoms with Crippen LogP contribution in [0, 0.1) is 0 Å². The minimum absolute atomic E-state index is 0.387. The Balaban J connectivity index is 2.30. The summed E-state index contributed by atoms with van der Waals surface area (Å²) in [5, 5.41) is 5.29. The molecule has 3 rings (SSSR count). The van der Waals surface area contributed by atoms with Gasteiger partial charge in [0.05, 0.1) is 5.56 Å². The van der Waals surface area contributed by atoms with Crippen LogP contribution in [-0.2, 0) is 7.05 Å². The number of nitrogens with zero attached hydrogens (tertiary/aromatic N) is 3. The van der Waals surface area contributed by atoms with Crippen molar-refractivity contribution in [3.8, 4) is 11.3 Å². The first kappa shape index (κ1) is 11.4. The minimum atomic E-state index is -0.489. The molecule has 0 aliphatic rings. The fourth-order valence-corrected chi connectivity index (χ4v) is 2.08. The molecule has 5 nitrogen and oxygen atoms in total. The molecule has 0 saturated heterocycles. The number of benzene rings is 1. The van der Waals surface area contributed by atoms with Crippen molar-refractivity contribution in [2.24, 2.45) is 12.8 Å². The fourth-order valence-electron chi connectivity index (χ4n) is 2.08. The van der Waals surface area contributed by atoms with Gasteiger partial charge in [0.25, 0.3) is 0 Å². The molecule has 1 aromatic carbocycles. The van der Waals surface area contributed by atoms with E-state index in [-0.39, 0.29) is 0 Å². The van der Waals surface area contributed by atoms with Crippen molar-refractivity contribution in [3.05, 3.63) is 48.2 Å². The Kier molecular flexibility index (Phi) is 2.52. The zero-order valence-electron chi connectivity index (χ0n) is 10.4. The second-order valence-electron chi connectivity index (χ2n) is 4.30. The Morgan fingerprint density at radius 3 is 2.68 bits per heavy atom. The van der Waals surface area contributed by atoms with Crippen LogP contribution in [0.2, 0.25) is 0 Å². The molecular weight excluding hydrogens is 240 g/mol. The number of pyridine rings is 1. The highest BCUT2D eigenvalue weighted by Gasteiger charge is 2.13. The Hall–Kier alpha value is -2.69. The Labute approximate surface area is 109 Å². The summed E-state index contributed by atoms with van der Waals surface area (Å²) in [4.78, 5) is 15.5. The van der Waals surface area contributed by atoms with Gasteiger partial charge in [0.1, 0.15) is 5.69 Å². The summed E-state index contributed by atoms with van der Waals surface area (Å²) < 4.78 is 1.70. The van der Waals surface area contributed by atoms with E-state index in [1.54, 1.807) is 10.7 Å². The van der Waals surface area contributed by atoms with Gasteiger partial charge in [0.2, 0.25) is 5.91 Å². The summed E-state index contributed by atoms with van der Waals surface area (Å²) in [5.41, 5.74) is 8.19. The number of amides is 1. The van der Waals surface area contributed by atoms with Crippen molar-refractivity contribution in [3.63, 3.8) is 0 Å². The van der Waals surface area contributed by atoms with Gasteiger partial charge in [-0.1, -0.05) is 30.3 Å². The normalized spacial score (nSPS) is 10.8. The number of carbonyl (C=O) groups excluding carboxylic acids is 1. The predicted octanol–water partition coefficient (Wildman–Crippen LogP) is 1.73. The standard InChI is InChI=1S/C14H12N4O/c1-18-14-11(7-10(8-16-14)13(15)19)12(17-18)9-5-3-2-4-6-9/h2-8H,1H3,(H2,15,19). The van der Waals surface area contributed by atoms with Crippen LogP contribution in [0.15, 0.2) is 42.6 Å². The molecule has 94 valence electrons. The van der Waals surface area contributed by atoms with E-state index in [4.69, 9.17) is 5.73 Å². The van der Waals surface area contributed by atoms with Crippen LogP contribution in [-0.4, -0.2) is 20.7 Å². The van der Waals surface area contributed by atoms with Crippen molar-refractivity contribution in [1.29, 1.82) is 0 Å². The average molecular weight is 252 g/mol. The van der Waals surface area contributed by atoms with E-state index in [0.29, 0.717) is 5.56 Å². The van der Waals surface area contributed by atoms with Crippen LogP contribution < -0.4 is 5.73 Å². The molecule has 0 unspecified atom stereocenters. The van der Waals surface area contributed by atoms with E-state index in [1.807, 2.05) is 37.4 Å². The molecule has 19 heavy (non-hydrogen) atoms. The van der Waals surface area contributed by atoms with Crippen molar-refractivity contribution in [1.82, 2.24) is 14.8 Å². The maximum atomic E-state index is 11.3. The number of nitrogens with two attached hydrogens (primary N) is 1. The second kappa shape index (κ2) is 4.20. The lowest BCUT2D eigenvalue weighted by Gasteiger charge is -1.98. The third-order valence-electron chi connectivity index (χ3n) is 3.01. The Morgan fingerprint density at radius 2 is 2.00 bits per heavy atom. The summed E-state index contributed by atoms with van der Waals surface area (Å²) >= 11 is 0. The maximum Gasteiger partial charge on any atom is 0.250 e. The van der Waals surface area contributed by atoms with E-state index < -0.39 is 5.91 Å². The molecule has 2 N–H and O–H groups in total.